The highest BCUT2D eigenvalue weighted by Gasteiger charge is 2.46. The first-order valence-electron chi connectivity index (χ1n) is 8.36. The summed E-state index contributed by atoms with van der Waals surface area (Å²) in [7, 11) is 1.12. The third kappa shape index (κ3) is 4.38. The number of benzene rings is 1. The van der Waals surface area contributed by atoms with Crippen LogP contribution in [0, 0.1) is 5.92 Å². The van der Waals surface area contributed by atoms with Crippen molar-refractivity contribution in [2.24, 2.45) is 10.9 Å². The van der Waals surface area contributed by atoms with E-state index in [2.05, 4.69) is 4.99 Å². The Morgan fingerprint density at radius 2 is 1.86 bits per heavy atom. The number of rotatable bonds is 5. The highest BCUT2D eigenvalue weighted by atomic mass is 35.5. The van der Waals surface area contributed by atoms with Gasteiger partial charge in [0.1, 0.15) is 12.5 Å². The summed E-state index contributed by atoms with van der Waals surface area (Å²) >= 11 is 5.54. The number of hydrogen-bond acceptors (Lipinski definition) is 5. The van der Waals surface area contributed by atoms with Crippen LogP contribution in [-0.4, -0.2) is 37.2 Å². The Hall–Kier alpha value is -2.35. The molecule has 0 saturated carbocycles. The van der Waals surface area contributed by atoms with Gasteiger partial charge in [0.05, 0.1) is 24.1 Å². The number of methoxy groups -OCH3 is 1. The van der Waals surface area contributed by atoms with Crippen molar-refractivity contribution in [1.82, 2.24) is 0 Å². The summed E-state index contributed by atoms with van der Waals surface area (Å²) in [6, 6.07) is 4.80. The summed E-state index contributed by atoms with van der Waals surface area (Å²) in [6.45, 7) is 2.86. The van der Waals surface area contributed by atoms with Gasteiger partial charge in [-0.15, -0.1) is 11.6 Å². The molecule has 0 N–H and O–H groups in total. The third-order valence-corrected chi connectivity index (χ3v) is 4.57. The van der Waals surface area contributed by atoms with Crippen LogP contribution < -0.4 is 0 Å². The minimum Gasteiger partial charge on any atom is -0.468 e. The maximum atomic E-state index is 13.6. The number of nitrogens with zero attached hydrogens (tertiary/aromatic N) is 1. The van der Waals surface area contributed by atoms with E-state index in [1.165, 1.54) is 32.0 Å². The molecule has 5 nitrogen and oxygen atoms in total. The number of aliphatic imine (C=N–C) groups is 1. The molecule has 2 unspecified atom stereocenters. The molecule has 0 bridgehead atoms. The molecule has 1 aromatic carbocycles. The van der Waals surface area contributed by atoms with Crippen molar-refractivity contribution in [2.45, 2.75) is 25.9 Å². The van der Waals surface area contributed by atoms with Crippen molar-refractivity contribution in [3.8, 4) is 0 Å². The highest BCUT2D eigenvalue weighted by molar-refractivity contribution is 6.18. The summed E-state index contributed by atoms with van der Waals surface area (Å²) in [6.07, 6.45) is -4.68. The van der Waals surface area contributed by atoms with Gasteiger partial charge in [-0.05, 0) is 25.5 Å². The van der Waals surface area contributed by atoms with Crippen LogP contribution in [0.3, 0.4) is 0 Å². The lowest BCUT2D eigenvalue weighted by Gasteiger charge is -2.32. The second kappa shape index (κ2) is 8.77. The number of carbonyl (C=O) groups is 2. The van der Waals surface area contributed by atoms with Crippen LogP contribution in [0.4, 0.5) is 13.2 Å². The number of carbonyl (C=O) groups excluding carboxylic acids is 2. The first-order valence-corrected chi connectivity index (χ1v) is 8.89. The minimum atomic E-state index is -4.68. The van der Waals surface area contributed by atoms with E-state index in [1.54, 1.807) is 0 Å². The average Bonchev–Trinajstić information content (AvgIpc) is 2.64. The Balaban J connectivity index is 2.74. The van der Waals surface area contributed by atoms with Gasteiger partial charge in [0.15, 0.2) is 0 Å². The molecule has 0 fully saturated rings. The van der Waals surface area contributed by atoms with Crippen LogP contribution in [0.1, 0.15) is 30.9 Å². The lowest BCUT2D eigenvalue weighted by molar-refractivity contribution is -0.145. The number of ether oxygens (including phenoxy) is 2. The van der Waals surface area contributed by atoms with Crippen molar-refractivity contribution in [3.05, 3.63) is 46.7 Å². The Morgan fingerprint density at radius 1 is 1.21 bits per heavy atom. The molecular formula is C19H19ClF3NO4. The standard InChI is InChI=1S/C19H19ClF3NO4/c1-10-14(17(25)27-3)16(12-6-4-5-7-13(12)19(21,22)23)15(11(2)24-10)18(26)28-9-8-20/h4-7,14,16H,8-9H2,1-3H3. The fourth-order valence-electron chi connectivity index (χ4n) is 3.31. The van der Waals surface area contributed by atoms with Crippen LogP contribution in [0.15, 0.2) is 40.5 Å². The molecule has 1 aliphatic rings. The molecule has 152 valence electrons. The Morgan fingerprint density at radius 3 is 2.43 bits per heavy atom. The van der Waals surface area contributed by atoms with E-state index in [1.807, 2.05) is 0 Å². The van der Waals surface area contributed by atoms with Gasteiger partial charge in [-0.1, -0.05) is 18.2 Å². The summed E-state index contributed by atoms with van der Waals surface area (Å²) in [5.41, 5.74) is -0.863. The van der Waals surface area contributed by atoms with Crippen molar-refractivity contribution < 1.29 is 32.2 Å². The van der Waals surface area contributed by atoms with Gasteiger partial charge in [-0.3, -0.25) is 9.79 Å². The van der Waals surface area contributed by atoms with Crippen molar-refractivity contribution in [1.29, 1.82) is 0 Å². The normalized spacial score (nSPS) is 19.9. The Bertz CT molecular complexity index is 833. The number of alkyl halides is 4. The lowest BCUT2D eigenvalue weighted by atomic mass is 9.74. The topological polar surface area (TPSA) is 65.0 Å². The monoisotopic (exact) mass is 417 g/mol. The molecule has 1 aliphatic heterocycles. The fraction of sp³-hybridized carbons (Fsp3) is 0.421. The van der Waals surface area contributed by atoms with Crippen molar-refractivity contribution >= 4 is 29.3 Å². The van der Waals surface area contributed by atoms with E-state index in [0.29, 0.717) is 0 Å². The Labute approximate surface area is 165 Å². The molecule has 2 rings (SSSR count). The minimum absolute atomic E-state index is 0.0185. The molecule has 28 heavy (non-hydrogen) atoms. The predicted molar refractivity (Wildman–Crippen MR) is 97.2 cm³/mol. The first-order chi connectivity index (χ1) is 13.1. The van der Waals surface area contributed by atoms with Gasteiger partial charge in [-0.25, -0.2) is 4.79 Å². The van der Waals surface area contributed by atoms with E-state index >= 15 is 0 Å². The van der Waals surface area contributed by atoms with Crippen LogP contribution >= 0.6 is 11.6 Å². The van der Waals surface area contributed by atoms with Gasteiger partial charge in [0.25, 0.3) is 0 Å². The van der Waals surface area contributed by atoms with Gasteiger partial charge < -0.3 is 9.47 Å². The van der Waals surface area contributed by atoms with E-state index in [0.717, 1.165) is 13.2 Å². The zero-order chi connectivity index (χ0) is 21.1. The molecule has 1 heterocycles. The molecule has 2 atom stereocenters. The van der Waals surface area contributed by atoms with E-state index in [4.69, 9.17) is 21.1 Å². The van der Waals surface area contributed by atoms with Gasteiger partial charge in [0.2, 0.25) is 0 Å². The zero-order valence-corrected chi connectivity index (χ0v) is 16.2. The van der Waals surface area contributed by atoms with Gasteiger partial charge in [0, 0.05) is 17.3 Å². The highest BCUT2D eigenvalue weighted by Crippen LogP contribution is 2.44. The van der Waals surface area contributed by atoms with Crippen LogP contribution in [-0.2, 0) is 25.2 Å². The van der Waals surface area contributed by atoms with Crippen molar-refractivity contribution in [2.75, 3.05) is 19.6 Å². The summed E-state index contributed by atoms with van der Waals surface area (Å²) in [5.74, 6) is -4.10. The lowest BCUT2D eigenvalue weighted by Crippen LogP contribution is -2.37. The number of halogens is 4. The van der Waals surface area contributed by atoms with Gasteiger partial charge in [-0.2, -0.15) is 13.2 Å². The third-order valence-electron chi connectivity index (χ3n) is 4.41. The molecule has 0 aliphatic carbocycles. The molecule has 1 aromatic rings. The largest absolute Gasteiger partial charge is 0.468 e. The van der Waals surface area contributed by atoms with Crippen molar-refractivity contribution in [3.63, 3.8) is 0 Å². The van der Waals surface area contributed by atoms with Crippen LogP contribution in [0.5, 0.6) is 0 Å². The fourth-order valence-corrected chi connectivity index (χ4v) is 3.38. The molecule has 9 heteroatoms. The van der Waals surface area contributed by atoms with E-state index < -0.39 is 35.5 Å². The number of allylic oxidation sites excluding steroid dienone is 1. The molecule has 0 radical (unpaired) electrons. The predicted octanol–water partition coefficient (Wildman–Crippen LogP) is 4.11. The van der Waals surface area contributed by atoms with E-state index in [-0.39, 0.29) is 35.0 Å². The molecule has 0 spiro atoms. The Kier molecular flexibility index (Phi) is 6.87. The maximum absolute atomic E-state index is 13.6. The second-order valence-corrected chi connectivity index (χ2v) is 6.52. The summed E-state index contributed by atoms with van der Waals surface area (Å²) in [5, 5.41) is 0. The first kappa shape index (κ1) is 21.9. The zero-order valence-electron chi connectivity index (χ0n) is 15.5. The molecule has 0 aromatic heterocycles. The number of hydrogen-bond donors (Lipinski definition) is 0. The number of esters is 2. The SMILES string of the molecule is COC(=O)C1C(C)=NC(C)=C(C(=O)OCCCl)C1c1ccccc1C(F)(F)F. The van der Waals surface area contributed by atoms with Crippen LogP contribution in [0.25, 0.3) is 0 Å². The quantitative estimate of drug-likeness (QED) is 0.534. The summed E-state index contributed by atoms with van der Waals surface area (Å²) in [4.78, 5) is 29.3. The summed E-state index contributed by atoms with van der Waals surface area (Å²) < 4.78 is 50.8. The average molecular weight is 418 g/mol. The van der Waals surface area contributed by atoms with Crippen LogP contribution in [0.2, 0.25) is 0 Å². The molecule has 0 saturated heterocycles. The second-order valence-electron chi connectivity index (χ2n) is 6.14. The molecular weight excluding hydrogens is 399 g/mol. The van der Waals surface area contributed by atoms with Gasteiger partial charge >= 0.3 is 18.1 Å². The molecule has 0 amide bonds. The van der Waals surface area contributed by atoms with E-state index in [9.17, 15) is 22.8 Å². The smallest absolute Gasteiger partial charge is 0.416 e. The maximum Gasteiger partial charge on any atom is 0.416 e.